The predicted molar refractivity (Wildman–Crippen MR) is 58.1 cm³/mol. The van der Waals surface area contributed by atoms with Crippen molar-refractivity contribution in [3.8, 4) is 0 Å². The molecule has 3 rings (SSSR count). The molecule has 0 saturated carbocycles. The fourth-order valence-corrected chi connectivity index (χ4v) is 2.37. The lowest BCUT2D eigenvalue weighted by Gasteiger charge is -2.38. The summed E-state index contributed by atoms with van der Waals surface area (Å²) in [7, 11) is 0. The van der Waals surface area contributed by atoms with E-state index in [0.29, 0.717) is 13.2 Å². The standard InChI is InChI=1S/C11H15N3O2/c1-2-11(15-6-7-16-11)9-14(5-1)10-8-12-3-4-13-10/h3-4,8H,1-2,5-7,9H2. The summed E-state index contributed by atoms with van der Waals surface area (Å²) in [5.74, 6) is 0.510. The zero-order chi connectivity index (χ0) is 10.8. The van der Waals surface area contributed by atoms with Gasteiger partial charge in [0, 0.05) is 25.4 Å². The van der Waals surface area contributed by atoms with Gasteiger partial charge < -0.3 is 14.4 Å². The van der Waals surface area contributed by atoms with Crippen molar-refractivity contribution in [3.63, 3.8) is 0 Å². The normalized spacial score (nSPS) is 23.9. The first-order valence-corrected chi connectivity index (χ1v) is 5.67. The summed E-state index contributed by atoms with van der Waals surface area (Å²) in [5, 5.41) is 0. The van der Waals surface area contributed by atoms with Gasteiger partial charge in [-0.2, -0.15) is 0 Å². The number of nitrogens with zero attached hydrogens (tertiary/aromatic N) is 3. The maximum atomic E-state index is 5.72. The van der Waals surface area contributed by atoms with Crippen LogP contribution in [0.15, 0.2) is 18.6 Å². The van der Waals surface area contributed by atoms with E-state index in [0.717, 1.165) is 31.7 Å². The summed E-state index contributed by atoms with van der Waals surface area (Å²) in [6, 6.07) is 0. The molecule has 0 radical (unpaired) electrons. The van der Waals surface area contributed by atoms with Crippen molar-refractivity contribution < 1.29 is 9.47 Å². The number of anilines is 1. The molecule has 2 saturated heterocycles. The molecule has 0 bridgehead atoms. The van der Waals surface area contributed by atoms with Crippen molar-refractivity contribution in [2.45, 2.75) is 18.6 Å². The zero-order valence-electron chi connectivity index (χ0n) is 9.13. The van der Waals surface area contributed by atoms with Gasteiger partial charge in [0.1, 0.15) is 5.82 Å². The largest absolute Gasteiger partial charge is 0.350 e. The second kappa shape index (κ2) is 3.99. The summed E-state index contributed by atoms with van der Waals surface area (Å²) in [6.45, 7) is 3.15. The van der Waals surface area contributed by atoms with E-state index in [1.54, 1.807) is 18.6 Å². The number of aromatic nitrogens is 2. The van der Waals surface area contributed by atoms with Gasteiger partial charge in [-0.05, 0) is 6.42 Å². The maximum Gasteiger partial charge on any atom is 0.186 e. The second-order valence-corrected chi connectivity index (χ2v) is 4.20. The van der Waals surface area contributed by atoms with Crippen LogP contribution in [0.5, 0.6) is 0 Å². The van der Waals surface area contributed by atoms with Crippen LogP contribution in [0.4, 0.5) is 5.82 Å². The average Bonchev–Trinajstić information content (AvgIpc) is 2.78. The van der Waals surface area contributed by atoms with Crippen molar-refractivity contribution in [2.24, 2.45) is 0 Å². The minimum Gasteiger partial charge on any atom is -0.350 e. The molecule has 0 aromatic carbocycles. The van der Waals surface area contributed by atoms with E-state index >= 15 is 0 Å². The Hall–Kier alpha value is -1.20. The fourth-order valence-electron chi connectivity index (χ4n) is 2.37. The molecule has 86 valence electrons. The molecule has 0 amide bonds. The van der Waals surface area contributed by atoms with Crippen LogP contribution in [-0.4, -0.2) is 42.1 Å². The minimum absolute atomic E-state index is 0.393. The first kappa shape index (κ1) is 9.99. The predicted octanol–water partition coefficient (Wildman–Crippen LogP) is 0.820. The molecule has 0 unspecified atom stereocenters. The van der Waals surface area contributed by atoms with Crippen LogP contribution >= 0.6 is 0 Å². The lowest BCUT2D eigenvalue weighted by atomic mass is 10.0. The van der Waals surface area contributed by atoms with Gasteiger partial charge in [0.2, 0.25) is 0 Å². The molecule has 2 aliphatic rings. The van der Waals surface area contributed by atoms with Crippen LogP contribution in [-0.2, 0) is 9.47 Å². The number of piperidine rings is 1. The van der Waals surface area contributed by atoms with Gasteiger partial charge in [0.15, 0.2) is 5.79 Å². The number of ether oxygens (including phenoxy) is 2. The lowest BCUT2D eigenvalue weighted by molar-refractivity contribution is -0.161. The van der Waals surface area contributed by atoms with Crippen molar-refractivity contribution in [1.82, 2.24) is 9.97 Å². The Labute approximate surface area is 94.4 Å². The first-order valence-electron chi connectivity index (χ1n) is 5.67. The van der Waals surface area contributed by atoms with E-state index in [4.69, 9.17) is 9.47 Å². The number of rotatable bonds is 1. The van der Waals surface area contributed by atoms with Gasteiger partial charge in [0.05, 0.1) is 26.0 Å². The zero-order valence-corrected chi connectivity index (χ0v) is 9.13. The van der Waals surface area contributed by atoms with Crippen molar-refractivity contribution >= 4 is 5.82 Å². The molecule has 3 heterocycles. The van der Waals surface area contributed by atoms with Gasteiger partial charge in [-0.15, -0.1) is 0 Å². The van der Waals surface area contributed by atoms with E-state index in [9.17, 15) is 0 Å². The SMILES string of the molecule is c1cnc(N2CCCC3(C2)OCCO3)cn1. The van der Waals surface area contributed by atoms with Gasteiger partial charge in [-0.1, -0.05) is 0 Å². The first-order chi connectivity index (χ1) is 7.88. The summed E-state index contributed by atoms with van der Waals surface area (Å²) < 4.78 is 11.4. The van der Waals surface area contributed by atoms with Gasteiger partial charge in [-0.25, -0.2) is 4.98 Å². The highest BCUT2D eigenvalue weighted by Crippen LogP contribution is 2.31. The molecule has 1 aromatic rings. The van der Waals surface area contributed by atoms with Crippen LogP contribution in [0, 0.1) is 0 Å². The summed E-state index contributed by atoms with van der Waals surface area (Å²) in [6.07, 6.45) is 7.23. The Morgan fingerprint density at radius 2 is 2.12 bits per heavy atom. The van der Waals surface area contributed by atoms with Crippen LogP contribution in [0.25, 0.3) is 0 Å². The Morgan fingerprint density at radius 1 is 1.25 bits per heavy atom. The molecular weight excluding hydrogens is 206 g/mol. The Kier molecular flexibility index (Phi) is 2.49. The van der Waals surface area contributed by atoms with Crippen LogP contribution in [0.2, 0.25) is 0 Å². The molecule has 0 N–H and O–H groups in total. The van der Waals surface area contributed by atoms with Gasteiger partial charge >= 0.3 is 0 Å². The smallest absolute Gasteiger partial charge is 0.186 e. The van der Waals surface area contributed by atoms with E-state index in [2.05, 4.69) is 14.9 Å². The number of hydrogen-bond acceptors (Lipinski definition) is 5. The molecule has 2 aliphatic heterocycles. The summed E-state index contributed by atoms with van der Waals surface area (Å²) in [4.78, 5) is 10.6. The van der Waals surface area contributed by atoms with Crippen molar-refractivity contribution in [3.05, 3.63) is 18.6 Å². The van der Waals surface area contributed by atoms with E-state index in [-0.39, 0.29) is 0 Å². The van der Waals surface area contributed by atoms with Gasteiger partial charge in [0.25, 0.3) is 0 Å². The topological polar surface area (TPSA) is 47.5 Å². The molecule has 5 nitrogen and oxygen atoms in total. The van der Waals surface area contributed by atoms with Crippen LogP contribution in [0.3, 0.4) is 0 Å². The molecule has 16 heavy (non-hydrogen) atoms. The Morgan fingerprint density at radius 3 is 2.88 bits per heavy atom. The Balaban J connectivity index is 1.77. The van der Waals surface area contributed by atoms with Crippen molar-refractivity contribution in [2.75, 3.05) is 31.2 Å². The highest BCUT2D eigenvalue weighted by molar-refractivity contribution is 5.36. The third-order valence-corrected chi connectivity index (χ3v) is 3.10. The number of hydrogen-bond donors (Lipinski definition) is 0. The fraction of sp³-hybridized carbons (Fsp3) is 0.636. The van der Waals surface area contributed by atoms with Crippen molar-refractivity contribution in [1.29, 1.82) is 0 Å². The van der Waals surface area contributed by atoms with E-state index in [1.165, 1.54) is 0 Å². The van der Waals surface area contributed by atoms with Crippen LogP contribution in [0.1, 0.15) is 12.8 Å². The molecular formula is C11H15N3O2. The van der Waals surface area contributed by atoms with Gasteiger partial charge in [-0.3, -0.25) is 4.98 Å². The van der Waals surface area contributed by atoms with Crippen LogP contribution < -0.4 is 4.90 Å². The minimum atomic E-state index is -0.393. The third kappa shape index (κ3) is 1.76. The molecule has 1 spiro atoms. The van der Waals surface area contributed by atoms with E-state index < -0.39 is 5.79 Å². The summed E-state index contributed by atoms with van der Waals surface area (Å²) >= 11 is 0. The highest BCUT2D eigenvalue weighted by Gasteiger charge is 2.41. The highest BCUT2D eigenvalue weighted by atomic mass is 16.7. The molecule has 0 atom stereocenters. The molecule has 1 aromatic heterocycles. The average molecular weight is 221 g/mol. The van der Waals surface area contributed by atoms with E-state index in [1.807, 2.05) is 0 Å². The Bertz CT molecular complexity index is 352. The molecule has 2 fully saturated rings. The summed E-state index contributed by atoms with van der Waals surface area (Å²) in [5.41, 5.74) is 0. The second-order valence-electron chi connectivity index (χ2n) is 4.20. The quantitative estimate of drug-likeness (QED) is 0.702. The maximum absolute atomic E-state index is 5.72. The molecule has 5 heteroatoms. The molecule has 0 aliphatic carbocycles. The lowest BCUT2D eigenvalue weighted by Crippen LogP contribution is -2.49. The third-order valence-electron chi connectivity index (χ3n) is 3.10. The monoisotopic (exact) mass is 221 g/mol.